The molecule has 0 saturated heterocycles. The third-order valence-corrected chi connectivity index (χ3v) is 4.11. The molecule has 3 rings (SSSR count). The van der Waals surface area contributed by atoms with E-state index in [2.05, 4.69) is 0 Å². The van der Waals surface area contributed by atoms with E-state index in [9.17, 15) is 18.0 Å². The molecule has 3 aromatic rings. The van der Waals surface area contributed by atoms with E-state index >= 15 is 0 Å². The molecular formula is C21H18F3NO2. The minimum Gasteiger partial charge on any atom is -0.463 e. The van der Waals surface area contributed by atoms with Crippen LogP contribution in [-0.2, 0) is 22.3 Å². The Morgan fingerprint density at radius 2 is 1.89 bits per heavy atom. The van der Waals surface area contributed by atoms with E-state index in [-0.39, 0.29) is 13.2 Å². The van der Waals surface area contributed by atoms with E-state index in [0.29, 0.717) is 11.3 Å². The Hall–Kier alpha value is -3.02. The Bertz CT molecular complexity index is 987. The van der Waals surface area contributed by atoms with E-state index < -0.39 is 17.7 Å². The second-order valence-corrected chi connectivity index (χ2v) is 6.00. The zero-order valence-electron chi connectivity index (χ0n) is 14.7. The summed E-state index contributed by atoms with van der Waals surface area (Å²) in [7, 11) is 0. The number of benzene rings is 2. The Morgan fingerprint density at radius 1 is 1.11 bits per heavy atom. The van der Waals surface area contributed by atoms with Crippen molar-refractivity contribution in [3.05, 3.63) is 77.5 Å². The molecule has 1 aromatic heterocycles. The molecule has 140 valence electrons. The lowest BCUT2D eigenvalue weighted by atomic mass is 10.1. The Balaban J connectivity index is 2.00. The predicted octanol–water partition coefficient (Wildman–Crippen LogP) is 5.28. The molecule has 0 fully saturated rings. The summed E-state index contributed by atoms with van der Waals surface area (Å²) < 4.78 is 45.7. The van der Waals surface area contributed by atoms with Crippen molar-refractivity contribution < 1.29 is 22.7 Å². The van der Waals surface area contributed by atoms with Gasteiger partial charge in [-0.05, 0) is 42.8 Å². The first-order valence-electron chi connectivity index (χ1n) is 8.47. The van der Waals surface area contributed by atoms with Crippen LogP contribution in [0.3, 0.4) is 0 Å². The third kappa shape index (κ3) is 4.39. The maximum absolute atomic E-state index is 13.0. The largest absolute Gasteiger partial charge is 0.463 e. The molecule has 2 aromatic carbocycles. The van der Waals surface area contributed by atoms with E-state index in [0.717, 1.165) is 23.0 Å². The highest BCUT2D eigenvalue weighted by atomic mass is 19.4. The summed E-state index contributed by atoms with van der Waals surface area (Å²) in [6.07, 6.45) is -1.45. The number of aromatic nitrogens is 1. The van der Waals surface area contributed by atoms with Gasteiger partial charge in [-0.3, -0.25) is 0 Å². The van der Waals surface area contributed by atoms with Gasteiger partial charge in [-0.1, -0.05) is 30.3 Å². The first kappa shape index (κ1) is 18.8. The molecule has 0 amide bonds. The first-order valence-corrected chi connectivity index (χ1v) is 8.47. The maximum Gasteiger partial charge on any atom is 0.416 e. The van der Waals surface area contributed by atoms with Crippen LogP contribution in [-0.4, -0.2) is 17.1 Å². The number of rotatable bonds is 5. The number of alkyl halides is 3. The standard InChI is InChI=1S/C21H18F3NO2/c1-2-27-20(26)11-10-18-13-16-7-3-4-9-19(16)25(18)14-15-6-5-8-17(12-15)21(22,23)24/h3-13H,2,14H2,1H3/b11-10+. The van der Waals surface area contributed by atoms with Crippen molar-refractivity contribution in [2.24, 2.45) is 0 Å². The molecule has 3 nitrogen and oxygen atoms in total. The van der Waals surface area contributed by atoms with Gasteiger partial charge in [0.15, 0.2) is 0 Å². The lowest BCUT2D eigenvalue weighted by Crippen LogP contribution is -2.07. The van der Waals surface area contributed by atoms with Crippen LogP contribution in [0, 0.1) is 0 Å². The number of ether oxygens (including phenoxy) is 1. The first-order chi connectivity index (χ1) is 12.9. The van der Waals surface area contributed by atoms with Gasteiger partial charge in [-0.15, -0.1) is 0 Å². The third-order valence-electron chi connectivity index (χ3n) is 4.11. The molecule has 0 saturated carbocycles. The van der Waals surface area contributed by atoms with E-state index in [4.69, 9.17) is 4.74 Å². The summed E-state index contributed by atoms with van der Waals surface area (Å²) in [4.78, 5) is 11.6. The number of para-hydroxylation sites is 1. The van der Waals surface area contributed by atoms with Crippen LogP contribution < -0.4 is 0 Å². The summed E-state index contributed by atoms with van der Waals surface area (Å²) in [5, 5.41) is 0.938. The average Bonchev–Trinajstić information content (AvgIpc) is 2.97. The zero-order chi connectivity index (χ0) is 19.4. The zero-order valence-corrected chi connectivity index (χ0v) is 14.7. The van der Waals surface area contributed by atoms with Gasteiger partial charge in [0.2, 0.25) is 0 Å². The molecule has 0 radical (unpaired) electrons. The van der Waals surface area contributed by atoms with Crippen LogP contribution in [0.4, 0.5) is 13.2 Å². The number of hydrogen-bond acceptors (Lipinski definition) is 2. The normalized spacial score (nSPS) is 12.0. The molecule has 27 heavy (non-hydrogen) atoms. The molecule has 0 bridgehead atoms. The quantitative estimate of drug-likeness (QED) is 0.450. The summed E-state index contributed by atoms with van der Waals surface area (Å²) in [6.45, 7) is 2.24. The van der Waals surface area contributed by atoms with E-state index in [1.165, 1.54) is 12.1 Å². The summed E-state index contributed by atoms with van der Waals surface area (Å²) in [5.41, 5.74) is 1.43. The molecule has 0 atom stereocenters. The van der Waals surface area contributed by atoms with Crippen LogP contribution in [0.5, 0.6) is 0 Å². The van der Waals surface area contributed by atoms with Crippen molar-refractivity contribution in [1.29, 1.82) is 0 Å². The number of fused-ring (bicyclic) bond motifs is 1. The number of carbonyl (C=O) groups is 1. The lowest BCUT2D eigenvalue weighted by molar-refractivity contribution is -0.138. The maximum atomic E-state index is 13.0. The average molecular weight is 373 g/mol. The predicted molar refractivity (Wildman–Crippen MR) is 98.2 cm³/mol. The highest BCUT2D eigenvalue weighted by Gasteiger charge is 2.30. The number of hydrogen-bond donors (Lipinski definition) is 0. The highest BCUT2D eigenvalue weighted by molar-refractivity contribution is 5.89. The molecular weight excluding hydrogens is 355 g/mol. The Morgan fingerprint density at radius 3 is 2.63 bits per heavy atom. The summed E-state index contributed by atoms with van der Waals surface area (Å²) in [6, 6.07) is 14.7. The second kappa shape index (κ2) is 7.70. The minimum absolute atomic E-state index is 0.250. The fourth-order valence-corrected chi connectivity index (χ4v) is 2.92. The van der Waals surface area contributed by atoms with E-state index in [1.54, 1.807) is 19.1 Å². The van der Waals surface area contributed by atoms with Gasteiger partial charge in [0.05, 0.1) is 12.2 Å². The van der Waals surface area contributed by atoms with Crippen LogP contribution in [0.2, 0.25) is 0 Å². The second-order valence-electron chi connectivity index (χ2n) is 6.00. The van der Waals surface area contributed by atoms with Gasteiger partial charge in [0.1, 0.15) is 0 Å². The van der Waals surface area contributed by atoms with Crippen molar-refractivity contribution in [1.82, 2.24) is 4.57 Å². The van der Waals surface area contributed by atoms with Gasteiger partial charge in [-0.25, -0.2) is 4.79 Å². The van der Waals surface area contributed by atoms with Crippen molar-refractivity contribution in [3.63, 3.8) is 0 Å². The van der Waals surface area contributed by atoms with Crippen LogP contribution in [0.1, 0.15) is 23.7 Å². The summed E-state index contributed by atoms with van der Waals surface area (Å²) in [5.74, 6) is -0.464. The Labute approximate surface area is 154 Å². The molecule has 0 aliphatic rings. The molecule has 0 N–H and O–H groups in total. The molecule has 0 aliphatic heterocycles. The van der Waals surface area contributed by atoms with Crippen LogP contribution >= 0.6 is 0 Å². The van der Waals surface area contributed by atoms with Crippen molar-refractivity contribution >= 4 is 22.9 Å². The fraction of sp³-hybridized carbons (Fsp3) is 0.190. The number of esters is 1. The van der Waals surface area contributed by atoms with Crippen molar-refractivity contribution in [2.45, 2.75) is 19.6 Å². The lowest BCUT2D eigenvalue weighted by Gasteiger charge is -2.12. The van der Waals surface area contributed by atoms with Gasteiger partial charge in [0, 0.05) is 29.2 Å². The molecule has 1 heterocycles. The fourth-order valence-electron chi connectivity index (χ4n) is 2.92. The van der Waals surface area contributed by atoms with Gasteiger partial charge in [0.25, 0.3) is 0 Å². The number of nitrogens with zero attached hydrogens (tertiary/aromatic N) is 1. The SMILES string of the molecule is CCOC(=O)/C=C/c1cc2ccccc2n1Cc1cccc(C(F)(F)F)c1. The molecule has 0 unspecified atom stereocenters. The number of carbonyl (C=O) groups excluding carboxylic acids is 1. The molecule has 0 aliphatic carbocycles. The van der Waals surface area contributed by atoms with Crippen LogP contribution in [0.15, 0.2) is 60.7 Å². The van der Waals surface area contributed by atoms with Gasteiger partial charge < -0.3 is 9.30 Å². The van der Waals surface area contributed by atoms with Gasteiger partial charge in [-0.2, -0.15) is 13.2 Å². The minimum atomic E-state index is -4.39. The van der Waals surface area contributed by atoms with Crippen molar-refractivity contribution in [2.75, 3.05) is 6.61 Å². The highest BCUT2D eigenvalue weighted by Crippen LogP contribution is 2.30. The summed E-state index contributed by atoms with van der Waals surface area (Å²) >= 11 is 0. The van der Waals surface area contributed by atoms with Gasteiger partial charge >= 0.3 is 12.1 Å². The monoisotopic (exact) mass is 373 g/mol. The Kier molecular flexibility index (Phi) is 5.35. The van der Waals surface area contributed by atoms with Crippen LogP contribution in [0.25, 0.3) is 17.0 Å². The number of halogens is 3. The molecule has 6 heteroatoms. The van der Waals surface area contributed by atoms with E-state index in [1.807, 2.05) is 34.9 Å². The van der Waals surface area contributed by atoms with Crippen molar-refractivity contribution in [3.8, 4) is 0 Å². The topological polar surface area (TPSA) is 31.2 Å². The molecule has 0 spiro atoms. The smallest absolute Gasteiger partial charge is 0.416 e.